The van der Waals surface area contributed by atoms with Crippen LogP contribution in [0.5, 0.6) is 11.5 Å². The van der Waals surface area contributed by atoms with E-state index in [1.807, 2.05) is 17.3 Å². The maximum Gasteiger partial charge on any atom is 0.254 e. The first-order valence-electron chi connectivity index (χ1n) is 8.09. The van der Waals surface area contributed by atoms with Crippen molar-refractivity contribution < 1.29 is 14.3 Å². The Morgan fingerprint density at radius 3 is 2.79 bits per heavy atom. The molecule has 7 heteroatoms. The molecule has 3 heterocycles. The number of likely N-dealkylation sites (tertiary alicyclic amines) is 1. The summed E-state index contributed by atoms with van der Waals surface area (Å²) < 4.78 is 11.1. The lowest BCUT2D eigenvalue weighted by Crippen LogP contribution is -2.38. The van der Waals surface area contributed by atoms with Gasteiger partial charge in [-0.3, -0.25) is 9.89 Å². The van der Waals surface area contributed by atoms with E-state index in [2.05, 4.69) is 10.2 Å². The van der Waals surface area contributed by atoms with Crippen molar-refractivity contribution in [2.75, 3.05) is 26.3 Å². The highest BCUT2D eigenvalue weighted by Crippen LogP contribution is 2.39. The number of piperidine rings is 1. The van der Waals surface area contributed by atoms with E-state index in [0.29, 0.717) is 41.2 Å². The lowest BCUT2D eigenvalue weighted by atomic mass is 9.91. The van der Waals surface area contributed by atoms with Crippen molar-refractivity contribution in [3.8, 4) is 11.5 Å². The van der Waals surface area contributed by atoms with Gasteiger partial charge in [0.25, 0.3) is 5.91 Å². The van der Waals surface area contributed by atoms with Gasteiger partial charge in [-0.25, -0.2) is 0 Å². The molecule has 0 aliphatic carbocycles. The van der Waals surface area contributed by atoms with E-state index in [0.717, 1.165) is 25.9 Å². The van der Waals surface area contributed by atoms with Crippen molar-refractivity contribution in [2.24, 2.45) is 0 Å². The molecule has 0 saturated carbocycles. The Kier molecular flexibility index (Phi) is 4.06. The van der Waals surface area contributed by atoms with Gasteiger partial charge in [-0.15, -0.1) is 0 Å². The van der Waals surface area contributed by atoms with Gasteiger partial charge in [0, 0.05) is 24.8 Å². The first-order chi connectivity index (χ1) is 11.7. The molecule has 0 unspecified atom stereocenters. The van der Waals surface area contributed by atoms with Crippen molar-refractivity contribution in [1.82, 2.24) is 15.1 Å². The van der Waals surface area contributed by atoms with Crippen molar-refractivity contribution in [1.29, 1.82) is 0 Å². The van der Waals surface area contributed by atoms with Crippen LogP contribution in [0.4, 0.5) is 0 Å². The zero-order valence-electron chi connectivity index (χ0n) is 13.1. The number of aromatic amines is 1. The summed E-state index contributed by atoms with van der Waals surface area (Å²) in [6, 6.07) is 3.39. The minimum atomic E-state index is -0.0143. The number of amides is 1. The van der Waals surface area contributed by atoms with Crippen LogP contribution in [-0.4, -0.2) is 47.3 Å². The van der Waals surface area contributed by atoms with Crippen LogP contribution in [0, 0.1) is 0 Å². The van der Waals surface area contributed by atoms with Gasteiger partial charge in [-0.05, 0) is 36.5 Å². The van der Waals surface area contributed by atoms with E-state index in [9.17, 15) is 4.79 Å². The molecule has 1 aromatic carbocycles. The Balaban J connectivity index is 1.48. The fourth-order valence-electron chi connectivity index (χ4n) is 3.32. The second kappa shape index (κ2) is 6.36. The number of ether oxygens (including phenoxy) is 2. The highest BCUT2D eigenvalue weighted by Gasteiger charge is 2.27. The third-order valence-electron chi connectivity index (χ3n) is 4.62. The van der Waals surface area contributed by atoms with Crippen molar-refractivity contribution in [3.63, 3.8) is 0 Å². The number of fused-ring (bicyclic) bond motifs is 1. The molecule has 24 heavy (non-hydrogen) atoms. The summed E-state index contributed by atoms with van der Waals surface area (Å²) in [6.45, 7) is 2.39. The molecule has 1 fully saturated rings. The molecular weight excluding hydrogens is 330 g/mol. The third-order valence-corrected chi connectivity index (χ3v) is 4.90. The fraction of sp³-hybridized carbons (Fsp3) is 0.412. The van der Waals surface area contributed by atoms with Gasteiger partial charge in [0.1, 0.15) is 13.2 Å². The van der Waals surface area contributed by atoms with Crippen LogP contribution in [0.2, 0.25) is 5.02 Å². The van der Waals surface area contributed by atoms with Gasteiger partial charge in [0.15, 0.2) is 11.5 Å². The van der Waals surface area contributed by atoms with E-state index >= 15 is 0 Å². The number of carbonyl (C=O) groups excluding carboxylic acids is 1. The molecule has 1 N–H and O–H groups in total. The summed E-state index contributed by atoms with van der Waals surface area (Å²) in [5.41, 5.74) is 1.76. The molecule has 0 spiro atoms. The highest BCUT2D eigenvalue weighted by atomic mass is 35.5. The smallest absolute Gasteiger partial charge is 0.254 e. The van der Waals surface area contributed by atoms with Crippen LogP contribution >= 0.6 is 11.6 Å². The van der Waals surface area contributed by atoms with Gasteiger partial charge in [-0.1, -0.05) is 11.6 Å². The largest absolute Gasteiger partial charge is 0.486 e. The fourth-order valence-corrected chi connectivity index (χ4v) is 3.58. The zero-order chi connectivity index (χ0) is 16.5. The van der Waals surface area contributed by atoms with E-state index in [-0.39, 0.29) is 5.91 Å². The number of carbonyl (C=O) groups is 1. The minimum absolute atomic E-state index is 0.0143. The summed E-state index contributed by atoms with van der Waals surface area (Å²) in [6.07, 6.45) is 5.67. The van der Waals surface area contributed by atoms with Gasteiger partial charge in [0.05, 0.1) is 11.2 Å². The molecule has 0 bridgehead atoms. The summed E-state index contributed by atoms with van der Waals surface area (Å²) in [4.78, 5) is 14.7. The van der Waals surface area contributed by atoms with Gasteiger partial charge >= 0.3 is 0 Å². The Hall–Kier alpha value is -2.21. The van der Waals surface area contributed by atoms with Crippen LogP contribution in [-0.2, 0) is 0 Å². The Morgan fingerprint density at radius 1 is 1.25 bits per heavy atom. The van der Waals surface area contributed by atoms with Gasteiger partial charge in [-0.2, -0.15) is 5.10 Å². The second-order valence-electron chi connectivity index (χ2n) is 6.08. The summed E-state index contributed by atoms with van der Waals surface area (Å²) >= 11 is 6.23. The number of rotatable bonds is 2. The molecule has 2 aliphatic heterocycles. The predicted octanol–water partition coefficient (Wildman–Crippen LogP) is 2.85. The predicted molar refractivity (Wildman–Crippen MR) is 88.9 cm³/mol. The molecule has 1 aromatic heterocycles. The Bertz CT molecular complexity index is 740. The Labute approximate surface area is 144 Å². The molecule has 6 nitrogen and oxygen atoms in total. The van der Waals surface area contributed by atoms with E-state index in [1.54, 1.807) is 12.1 Å². The number of H-pyrrole nitrogens is 1. The second-order valence-corrected chi connectivity index (χ2v) is 6.49. The number of benzene rings is 1. The lowest BCUT2D eigenvalue weighted by molar-refractivity contribution is 0.0712. The minimum Gasteiger partial charge on any atom is -0.486 e. The number of nitrogens with one attached hydrogen (secondary N) is 1. The molecule has 126 valence electrons. The van der Waals surface area contributed by atoms with Crippen LogP contribution in [0.1, 0.15) is 34.7 Å². The van der Waals surface area contributed by atoms with Crippen molar-refractivity contribution in [2.45, 2.75) is 18.8 Å². The highest BCUT2D eigenvalue weighted by molar-refractivity contribution is 6.32. The quantitative estimate of drug-likeness (QED) is 0.907. The molecule has 4 rings (SSSR count). The Morgan fingerprint density at radius 2 is 2.04 bits per heavy atom. The zero-order valence-corrected chi connectivity index (χ0v) is 13.9. The van der Waals surface area contributed by atoms with E-state index in [1.165, 1.54) is 5.56 Å². The molecule has 2 aliphatic rings. The standard InChI is InChI=1S/C17H18ClN3O3/c18-14-7-12(8-15-16(14)24-6-5-23-15)17(22)21-3-1-11(2-4-21)13-9-19-20-10-13/h7-11H,1-6H2,(H,19,20). The van der Waals surface area contributed by atoms with Crippen LogP contribution in [0.15, 0.2) is 24.5 Å². The molecule has 0 atom stereocenters. The summed E-state index contributed by atoms with van der Waals surface area (Å²) in [5.74, 6) is 1.51. The molecule has 0 radical (unpaired) electrons. The summed E-state index contributed by atoms with van der Waals surface area (Å²) in [7, 11) is 0. The first kappa shape index (κ1) is 15.3. The monoisotopic (exact) mass is 347 g/mol. The molecular formula is C17H18ClN3O3. The topological polar surface area (TPSA) is 67.5 Å². The lowest BCUT2D eigenvalue weighted by Gasteiger charge is -2.32. The van der Waals surface area contributed by atoms with Gasteiger partial charge < -0.3 is 14.4 Å². The van der Waals surface area contributed by atoms with E-state index < -0.39 is 0 Å². The van der Waals surface area contributed by atoms with Crippen molar-refractivity contribution in [3.05, 3.63) is 40.7 Å². The maximum atomic E-state index is 12.8. The van der Waals surface area contributed by atoms with E-state index in [4.69, 9.17) is 21.1 Å². The average molecular weight is 348 g/mol. The number of nitrogens with zero attached hydrogens (tertiary/aromatic N) is 2. The average Bonchev–Trinajstić information content (AvgIpc) is 3.16. The number of hydrogen-bond donors (Lipinski definition) is 1. The SMILES string of the molecule is O=C(c1cc(Cl)c2c(c1)OCCO2)N1CCC(c2cn[nH]c2)CC1. The van der Waals surface area contributed by atoms with Crippen molar-refractivity contribution >= 4 is 17.5 Å². The number of aromatic nitrogens is 2. The van der Waals surface area contributed by atoms with Crippen LogP contribution in [0.3, 0.4) is 0 Å². The maximum absolute atomic E-state index is 12.8. The normalized spacial score (nSPS) is 17.8. The third kappa shape index (κ3) is 2.82. The molecule has 2 aromatic rings. The van der Waals surface area contributed by atoms with Crippen LogP contribution < -0.4 is 9.47 Å². The number of halogens is 1. The first-order valence-corrected chi connectivity index (χ1v) is 8.47. The van der Waals surface area contributed by atoms with Crippen LogP contribution in [0.25, 0.3) is 0 Å². The summed E-state index contributed by atoms with van der Waals surface area (Å²) in [5, 5.41) is 7.28. The number of hydrogen-bond acceptors (Lipinski definition) is 4. The molecule has 1 saturated heterocycles. The van der Waals surface area contributed by atoms with Gasteiger partial charge in [0.2, 0.25) is 0 Å². The molecule has 1 amide bonds.